The molecule has 0 saturated carbocycles. The van der Waals surface area contributed by atoms with Crippen LogP contribution in [-0.4, -0.2) is 48.2 Å². The Bertz CT molecular complexity index is 301. The van der Waals surface area contributed by atoms with Gasteiger partial charge in [0.05, 0.1) is 0 Å². The Morgan fingerprint density at radius 1 is 1.71 bits per heavy atom. The summed E-state index contributed by atoms with van der Waals surface area (Å²) in [5.41, 5.74) is 2.65. The Kier molecular flexibility index (Phi) is 4.91. The molecule has 1 unspecified atom stereocenters. The molecule has 14 heavy (non-hydrogen) atoms. The van der Waals surface area contributed by atoms with Gasteiger partial charge in [-0.1, -0.05) is 0 Å². The van der Waals surface area contributed by atoms with Crippen molar-refractivity contribution in [3.05, 3.63) is 0 Å². The molecule has 1 aliphatic heterocycles. The first-order valence-electron chi connectivity index (χ1n) is 4.48. The fraction of sp³-hybridized carbons (Fsp3) is 0.750. The number of piperazine rings is 1. The first kappa shape index (κ1) is 11.5. The molecule has 1 rings (SSSR count). The van der Waals surface area contributed by atoms with E-state index in [0.29, 0.717) is 19.5 Å². The molecule has 1 atom stereocenters. The standard InChI is InChI=1S/C8H13N2O3P/c11-8(12)7-6-10(4-2-9-7)3-1-5-14-13/h7,9H,1-4,6H2,(H,11,12). The zero-order chi connectivity index (χ0) is 10.4. The number of rotatable bonds is 3. The molecule has 0 bridgehead atoms. The number of nitrogens with zero attached hydrogens (tertiary/aromatic N) is 1. The SMILES string of the molecule is O=P#CCCN1CCNC(C(=O)O)C1. The topological polar surface area (TPSA) is 69.6 Å². The van der Waals surface area contributed by atoms with E-state index >= 15 is 0 Å². The third-order valence-electron chi connectivity index (χ3n) is 2.16. The van der Waals surface area contributed by atoms with E-state index in [-0.39, 0.29) is 7.92 Å². The van der Waals surface area contributed by atoms with Crippen molar-refractivity contribution in [1.82, 2.24) is 10.2 Å². The quantitative estimate of drug-likeness (QED) is 0.649. The second kappa shape index (κ2) is 5.99. The summed E-state index contributed by atoms with van der Waals surface area (Å²) in [7, 11) is -0.0760. The van der Waals surface area contributed by atoms with Gasteiger partial charge in [-0.3, -0.25) is 0 Å². The van der Waals surface area contributed by atoms with Gasteiger partial charge in [0.1, 0.15) is 0 Å². The fourth-order valence-electron chi connectivity index (χ4n) is 1.43. The van der Waals surface area contributed by atoms with Crippen molar-refractivity contribution in [2.24, 2.45) is 0 Å². The van der Waals surface area contributed by atoms with Crippen LogP contribution in [0.25, 0.3) is 0 Å². The van der Waals surface area contributed by atoms with Crippen molar-refractivity contribution < 1.29 is 14.5 Å². The van der Waals surface area contributed by atoms with Crippen LogP contribution in [0.4, 0.5) is 0 Å². The molecule has 1 aliphatic rings. The molecule has 0 aliphatic carbocycles. The summed E-state index contributed by atoms with van der Waals surface area (Å²) in [4.78, 5) is 12.7. The molecule has 78 valence electrons. The summed E-state index contributed by atoms with van der Waals surface area (Å²) < 4.78 is 10.1. The Morgan fingerprint density at radius 3 is 3.14 bits per heavy atom. The van der Waals surface area contributed by atoms with Crippen molar-refractivity contribution in [2.75, 3.05) is 26.2 Å². The maximum absolute atomic E-state index is 10.7. The summed E-state index contributed by atoms with van der Waals surface area (Å²) in [5.74, 6) is -0.815. The van der Waals surface area contributed by atoms with Gasteiger partial charge in [-0.15, -0.1) is 0 Å². The number of carboxylic acids is 1. The van der Waals surface area contributed by atoms with Crippen molar-refractivity contribution in [3.8, 4) is 5.63 Å². The number of carbonyl (C=O) groups is 1. The maximum atomic E-state index is 10.7. The molecule has 1 saturated heterocycles. The van der Waals surface area contributed by atoms with Crippen molar-refractivity contribution in [1.29, 1.82) is 0 Å². The molecular weight excluding hydrogens is 203 g/mol. The molecule has 0 aromatic heterocycles. The number of carboxylic acid groups (broad SMARTS) is 1. The van der Waals surface area contributed by atoms with Gasteiger partial charge in [0.2, 0.25) is 0 Å². The van der Waals surface area contributed by atoms with Gasteiger partial charge in [0.15, 0.2) is 0 Å². The molecule has 2 N–H and O–H groups in total. The predicted molar refractivity (Wildman–Crippen MR) is 52.0 cm³/mol. The molecule has 6 heteroatoms. The van der Waals surface area contributed by atoms with E-state index in [2.05, 4.69) is 10.9 Å². The number of hydrogen-bond donors (Lipinski definition) is 2. The number of hydrogen-bond acceptors (Lipinski definition) is 4. The van der Waals surface area contributed by atoms with Crippen LogP contribution in [0.5, 0.6) is 0 Å². The van der Waals surface area contributed by atoms with Crippen LogP contribution in [0.3, 0.4) is 0 Å². The molecule has 0 aromatic carbocycles. The first-order valence-corrected chi connectivity index (χ1v) is 5.29. The van der Waals surface area contributed by atoms with Crippen LogP contribution in [0.1, 0.15) is 6.42 Å². The Balaban J connectivity index is 2.34. The van der Waals surface area contributed by atoms with E-state index in [4.69, 9.17) is 5.11 Å². The second-order valence-electron chi connectivity index (χ2n) is 3.14. The predicted octanol–water partition coefficient (Wildman–Crippen LogP) is -0.0142. The van der Waals surface area contributed by atoms with Gasteiger partial charge in [-0.05, 0) is 0 Å². The Hall–Kier alpha value is -0.600. The molecule has 0 radical (unpaired) electrons. The zero-order valence-corrected chi connectivity index (χ0v) is 8.67. The van der Waals surface area contributed by atoms with Gasteiger partial charge in [0, 0.05) is 0 Å². The molecule has 0 amide bonds. The van der Waals surface area contributed by atoms with E-state index in [1.54, 1.807) is 0 Å². The third-order valence-corrected chi connectivity index (χ3v) is 2.51. The zero-order valence-electron chi connectivity index (χ0n) is 7.77. The van der Waals surface area contributed by atoms with Crippen LogP contribution < -0.4 is 5.32 Å². The average molecular weight is 216 g/mol. The molecule has 0 aromatic rings. The first-order chi connectivity index (χ1) is 6.74. The summed E-state index contributed by atoms with van der Waals surface area (Å²) >= 11 is 0. The Labute approximate surface area is 83.6 Å². The van der Waals surface area contributed by atoms with Gasteiger partial charge in [-0.2, -0.15) is 0 Å². The van der Waals surface area contributed by atoms with Gasteiger partial charge in [0.25, 0.3) is 0 Å². The number of nitrogens with one attached hydrogen (secondary N) is 1. The summed E-state index contributed by atoms with van der Waals surface area (Å²) in [6.07, 6.45) is 0.609. The average Bonchev–Trinajstić information content (AvgIpc) is 2.19. The van der Waals surface area contributed by atoms with E-state index in [1.165, 1.54) is 0 Å². The van der Waals surface area contributed by atoms with Crippen molar-refractivity contribution in [3.63, 3.8) is 0 Å². The molecular formula is C8H13N2O3P. The minimum atomic E-state index is -0.815. The minimum absolute atomic E-state index is 0.0760. The second-order valence-corrected chi connectivity index (χ2v) is 3.64. The molecule has 0 spiro atoms. The van der Waals surface area contributed by atoms with Crippen LogP contribution >= 0.6 is 7.92 Å². The van der Waals surface area contributed by atoms with E-state index in [9.17, 15) is 9.36 Å². The van der Waals surface area contributed by atoms with Crippen LogP contribution in [0.2, 0.25) is 0 Å². The van der Waals surface area contributed by atoms with Crippen LogP contribution in [0.15, 0.2) is 0 Å². The molecule has 5 nitrogen and oxygen atoms in total. The van der Waals surface area contributed by atoms with Gasteiger partial charge >= 0.3 is 82.8 Å². The van der Waals surface area contributed by atoms with Gasteiger partial charge in [-0.25, -0.2) is 0 Å². The van der Waals surface area contributed by atoms with E-state index in [0.717, 1.165) is 13.1 Å². The van der Waals surface area contributed by atoms with Crippen LogP contribution in [-0.2, 0) is 9.36 Å². The van der Waals surface area contributed by atoms with Crippen molar-refractivity contribution in [2.45, 2.75) is 12.5 Å². The van der Waals surface area contributed by atoms with Crippen LogP contribution in [0, 0.1) is 5.63 Å². The normalized spacial score (nSPS) is 22.7. The van der Waals surface area contributed by atoms with E-state index in [1.807, 2.05) is 4.90 Å². The monoisotopic (exact) mass is 216 g/mol. The van der Waals surface area contributed by atoms with Gasteiger partial charge < -0.3 is 0 Å². The third kappa shape index (κ3) is 3.64. The summed E-state index contributed by atoms with van der Waals surface area (Å²) in [6.45, 7) is 2.75. The number of aliphatic carboxylic acids is 1. The molecule has 1 heterocycles. The Morgan fingerprint density at radius 2 is 2.50 bits per heavy atom. The fourth-order valence-corrected chi connectivity index (χ4v) is 1.62. The summed E-state index contributed by atoms with van der Waals surface area (Å²) in [6, 6.07) is -0.478. The summed E-state index contributed by atoms with van der Waals surface area (Å²) in [5, 5.41) is 11.7. The van der Waals surface area contributed by atoms with E-state index < -0.39 is 12.0 Å². The molecule has 1 fully saturated rings. The van der Waals surface area contributed by atoms with Crippen molar-refractivity contribution >= 4 is 13.9 Å².